The van der Waals surface area contributed by atoms with Crippen molar-refractivity contribution >= 4 is 46.6 Å². The molecule has 1 aromatic carbocycles. The van der Waals surface area contributed by atoms with Gasteiger partial charge in [0.1, 0.15) is 17.2 Å². The Balaban J connectivity index is 1.91. The molecule has 158 valence electrons. The molecule has 0 N–H and O–H groups in total. The van der Waals surface area contributed by atoms with Crippen LogP contribution in [0.3, 0.4) is 0 Å². The van der Waals surface area contributed by atoms with Crippen LogP contribution >= 0.6 is 0 Å². The topological polar surface area (TPSA) is 125 Å². The van der Waals surface area contributed by atoms with E-state index in [9.17, 15) is 20.2 Å². The van der Waals surface area contributed by atoms with Crippen LogP contribution in [-0.4, -0.2) is 14.8 Å². The average Bonchev–Trinajstić information content (AvgIpc) is 3.48. The van der Waals surface area contributed by atoms with Crippen molar-refractivity contribution in [2.45, 2.75) is 0 Å². The van der Waals surface area contributed by atoms with E-state index in [1.54, 1.807) is 48.6 Å². The van der Waals surface area contributed by atoms with Crippen LogP contribution in [0.25, 0.3) is 35.2 Å². The van der Waals surface area contributed by atoms with Crippen molar-refractivity contribution in [2.75, 3.05) is 0 Å². The van der Waals surface area contributed by atoms with Gasteiger partial charge >= 0.3 is 5.69 Å². The van der Waals surface area contributed by atoms with E-state index in [0.717, 1.165) is 0 Å². The smallest absolute Gasteiger partial charge is 0.302 e. The SMILES string of the molecule is O=[N+]([O-])c1c(C=CC=Cc2ccco2)nc2cccc([N+](=O)[O-])c2c1C=Cc1ccco1. The zero-order valence-electron chi connectivity index (χ0n) is 16.5. The Morgan fingerprint density at radius 2 is 1.47 bits per heavy atom. The van der Waals surface area contributed by atoms with Crippen LogP contribution in [0.5, 0.6) is 0 Å². The van der Waals surface area contributed by atoms with Crippen molar-refractivity contribution in [1.82, 2.24) is 4.98 Å². The predicted molar refractivity (Wildman–Crippen MR) is 119 cm³/mol. The third kappa shape index (κ3) is 4.21. The van der Waals surface area contributed by atoms with Gasteiger partial charge in [-0.1, -0.05) is 18.2 Å². The van der Waals surface area contributed by atoms with E-state index in [-0.39, 0.29) is 33.5 Å². The first-order valence-electron chi connectivity index (χ1n) is 9.40. The van der Waals surface area contributed by atoms with Gasteiger partial charge in [-0.05, 0) is 54.6 Å². The molecule has 3 aromatic heterocycles. The molecule has 32 heavy (non-hydrogen) atoms. The summed E-state index contributed by atoms with van der Waals surface area (Å²) in [5.41, 5.74) is -0.231. The number of hydrogen-bond acceptors (Lipinski definition) is 7. The van der Waals surface area contributed by atoms with Crippen molar-refractivity contribution in [3.63, 3.8) is 0 Å². The zero-order valence-corrected chi connectivity index (χ0v) is 16.5. The second kappa shape index (κ2) is 8.92. The molecule has 0 aliphatic heterocycles. The molecule has 0 saturated heterocycles. The summed E-state index contributed by atoms with van der Waals surface area (Å²) in [7, 11) is 0. The van der Waals surface area contributed by atoms with E-state index >= 15 is 0 Å². The Hall–Kier alpha value is -4.79. The number of furan rings is 2. The van der Waals surface area contributed by atoms with E-state index in [2.05, 4.69) is 4.98 Å². The molecule has 0 unspecified atom stereocenters. The van der Waals surface area contributed by atoms with Gasteiger partial charge in [0, 0.05) is 6.07 Å². The highest BCUT2D eigenvalue weighted by Gasteiger charge is 2.26. The van der Waals surface area contributed by atoms with Gasteiger partial charge in [-0.2, -0.15) is 0 Å². The maximum absolute atomic E-state index is 12.0. The minimum Gasteiger partial charge on any atom is -0.465 e. The number of pyridine rings is 1. The third-order valence-electron chi connectivity index (χ3n) is 4.53. The summed E-state index contributed by atoms with van der Waals surface area (Å²) in [4.78, 5) is 26.8. The van der Waals surface area contributed by atoms with Gasteiger partial charge in [0.15, 0.2) is 0 Å². The Labute approximate surface area is 180 Å². The van der Waals surface area contributed by atoms with E-state index in [1.807, 2.05) is 0 Å². The van der Waals surface area contributed by atoms with Crippen LogP contribution in [0, 0.1) is 20.2 Å². The molecule has 4 rings (SSSR count). The fourth-order valence-corrected chi connectivity index (χ4v) is 3.19. The molecule has 4 aromatic rings. The highest BCUT2D eigenvalue weighted by atomic mass is 16.6. The molecule has 0 amide bonds. The number of benzene rings is 1. The summed E-state index contributed by atoms with van der Waals surface area (Å²) in [6.45, 7) is 0. The Morgan fingerprint density at radius 3 is 2.09 bits per heavy atom. The largest absolute Gasteiger partial charge is 0.465 e. The maximum atomic E-state index is 12.0. The molecule has 0 aliphatic rings. The Morgan fingerprint density at radius 1 is 0.781 bits per heavy atom. The summed E-state index contributed by atoms with van der Waals surface area (Å²) >= 11 is 0. The van der Waals surface area contributed by atoms with Crippen molar-refractivity contribution < 1.29 is 18.7 Å². The van der Waals surface area contributed by atoms with Crippen LogP contribution in [-0.2, 0) is 0 Å². The lowest BCUT2D eigenvalue weighted by atomic mass is 10.0. The lowest BCUT2D eigenvalue weighted by molar-refractivity contribution is -0.386. The normalized spacial score (nSPS) is 11.9. The molecular weight excluding hydrogens is 414 g/mol. The van der Waals surface area contributed by atoms with Crippen LogP contribution < -0.4 is 0 Å². The molecule has 9 nitrogen and oxygen atoms in total. The van der Waals surface area contributed by atoms with Gasteiger partial charge in [0.05, 0.1) is 38.8 Å². The first kappa shape index (κ1) is 20.5. The van der Waals surface area contributed by atoms with Gasteiger partial charge in [-0.25, -0.2) is 4.98 Å². The summed E-state index contributed by atoms with van der Waals surface area (Å²) in [6.07, 6.45) is 12.3. The maximum Gasteiger partial charge on any atom is 0.302 e. The fraction of sp³-hybridized carbons (Fsp3) is 0. The van der Waals surface area contributed by atoms with Crippen LogP contribution in [0.1, 0.15) is 22.8 Å². The second-order valence-corrected chi connectivity index (χ2v) is 6.53. The van der Waals surface area contributed by atoms with Gasteiger partial charge in [-0.3, -0.25) is 20.2 Å². The van der Waals surface area contributed by atoms with E-state index in [0.29, 0.717) is 11.5 Å². The minimum atomic E-state index is -0.596. The molecular formula is C23H15N3O6. The van der Waals surface area contributed by atoms with E-state index in [4.69, 9.17) is 8.83 Å². The first-order chi connectivity index (χ1) is 15.5. The lowest BCUT2D eigenvalue weighted by Gasteiger charge is -2.07. The van der Waals surface area contributed by atoms with Gasteiger partial charge in [0.25, 0.3) is 5.69 Å². The highest BCUT2D eigenvalue weighted by Crippen LogP contribution is 2.37. The number of nitro benzene ring substituents is 1. The standard InChI is InChI=1S/C23H15N3O6/c27-25(28)21-11-3-10-19-22(21)18(13-12-17-8-5-15-32-17)23(26(29)30)20(24-19)9-2-1-6-16-7-4-14-31-16/h1-15H. The van der Waals surface area contributed by atoms with Gasteiger partial charge in [0.2, 0.25) is 0 Å². The summed E-state index contributed by atoms with van der Waals surface area (Å²) < 4.78 is 10.5. The molecule has 0 saturated carbocycles. The number of nitrogens with zero attached hydrogens (tertiary/aromatic N) is 3. The molecule has 0 spiro atoms. The molecule has 0 aliphatic carbocycles. The Kier molecular flexibility index (Phi) is 5.71. The van der Waals surface area contributed by atoms with Crippen molar-refractivity contribution in [3.05, 3.63) is 110 Å². The summed E-state index contributed by atoms with van der Waals surface area (Å²) in [5.74, 6) is 1.06. The van der Waals surface area contributed by atoms with E-state index < -0.39 is 9.85 Å². The zero-order chi connectivity index (χ0) is 22.5. The monoisotopic (exact) mass is 429 g/mol. The number of hydrogen-bond donors (Lipinski definition) is 0. The van der Waals surface area contributed by atoms with Crippen molar-refractivity contribution in [2.24, 2.45) is 0 Å². The first-order valence-corrected chi connectivity index (χ1v) is 9.40. The lowest BCUT2D eigenvalue weighted by Crippen LogP contribution is -2.01. The second-order valence-electron chi connectivity index (χ2n) is 6.53. The van der Waals surface area contributed by atoms with Crippen LogP contribution in [0.15, 0.2) is 76.0 Å². The van der Waals surface area contributed by atoms with Crippen molar-refractivity contribution in [1.29, 1.82) is 0 Å². The number of allylic oxidation sites excluding steroid dienone is 2. The summed E-state index contributed by atoms with van der Waals surface area (Å²) in [5, 5.41) is 23.7. The molecule has 9 heteroatoms. The van der Waals surface area contributed by atoms with Crippen molar-refractivity contribution in [3.8, 4) is 0 Å². The molecule has 3 heterocycles. The quantitative estimate of drug-likeness (QED) is 0.196. The molecule has 0 bridgehead atoms. The fourth-order valence-electron chi connectivity index (χ4n) is 3.19. The molecule has 0 radical (unpaired) electrons. The molecule has 0 fully saturated rings. The van der Waals surface area contributed by atoms with E-state index in [1.165, 1.54) is 42.9 Å². The Bertz CT molecular complexity index is 1370. The van der Waals surface area contributed by atoms with Gasteiger partial charge in [-0.15, -0.1) is 0 Å². The van der Waals surface area contributed by atoms with Gasteiger partial charge < -0.3 is 8.83 Å². The number of rotatable bonds is 7. The van der Waals surface area contributed by atoms with Crippen LogP contribution in [0.2, 0.25) is 0 Å². The number of fused-ring (bicyclic) bond motifs is 1. The van der Waals surface area contributed by atoms with Crippen LogP contribution in [0.4, 0.5) is 11.4 Å². The highest BCUT2D eigenvalue weighted by molar-refractivity contribution is 6.01. The number of non-ortho nitro benzene ring substituents is 1. The average molecular weight is 429 g/mol. The minimum absolute atomic E-state index is 0.0613. The summed E-state index contributed by atoms with van der Waals surface area (Å²) in [6, 6.07) is 11.2. The predicted octanol–water partition coefficient (Wildman–Crippen LogP) is 6.13. The number of nitro groups is 2. The molecule has 0 atom stereocenters. The number of aromatic nitrogens is 1. The third-order valence-corrected chi connectivity index (χ3v) is 4.53.